The highest BCUT2D eigenvalue weighted by Gasteiger charge is 2.08. The van der Waals surface area contributed by atoms with E-state index >= 15 is 0 Å². The number of unbranched alkanes of at least 4 members (excludes halogenated alkanes) is 3. The lowest BCUT2D eigenvalue weighted by atomic mass is 10.0. The summed E-state index contributed by atoms with van der Waals surface area (Å²) in [5.74, 6) is 0.987. The summed E-state index contributed by atoms with van der Waals surface area (Å²) in [5.41, 5.74) is 1.36. The second kappa shape index (κ2) is 9.85. The van der Waals surface area contributed by atoms with E-state index in [4.69, 9.17) is 4.74 Å². The van der Waals surface area contributed by atoms with Crippen molar-refractivity contribution in [2.75, 3.05) is 13.7 Å². The van der Waals surface area contributed by atoms with Crippen LogP contribution in [-0.4, -0.2) is 13.7 Å². The Balaban J connectivity index is 2.47. The Morgan fingerprint density at radius 2 is 1.68 bits per heavy atom. The minimum absolute atomic E-state index is 0.469. The predicted molar refractivity (Wildman–Crippen MR) is 82.8 cm³/mol. The maximum Gasteiger partial charge on any atom is 0.119 e. The van der Waals surface area contributed by atoms with Crippen LogP contribution in [0.25, 0.3) is 0 Å². The zero-order valence-electron chi connectivity index (χ0n) is 12.7. The van der Waals surface area contributed by atoms with E-state index in [9.17, 15) is 0 Å². The Hall–Kier alpha value is -1.02. The second-order valence-electron chi connectivity index (χ2n) is 5.11. The first kappa shape index (κ1) is 16.0. The van der Waals surface area contributed by atoms with Gasteiger partial charge in [-0.15, -0.1) is 0 Å². The first-order valence-electron chi connectivity index (χ1n) is 7.71. The summed E-state index contributed by atoms with van der Waals surface area (Å²) in [7, 11) is 2.04. The van der Waals surface area contributed by atoms with Crippen LogP contribution in [0.3, 0.4) is 0 Å². The van der Waals surface area contributed by atoms with Gasteiger partial charge in [0.25, 0.3) is 0 Å². The van der Waals surface area contributed by atoms with Crippen molar-refractivity contribution in [3.05, 3.63) is 29.8 Å². The van der Waals surface area contributed by atoms with E-state index in [-0.39, 0.29) is 0 Å². The van der Waals surface area contributed by atoms with Crippen molar-refractivity contribution in [2.24, 2.45) is 0 Å². The van der Waals surface area contributed by atoms with Gasteiger partial charge in [0.15, 0.2) is 0 Å². The van der Waals surface area contributed by atoms with Crippen LogP contribution in [0.2, 0.25) is 0 Å². The minimum Gasteiger partial charge on any atom is -0.494 e. The van der Waals surface area contributed by atoms with Gasteiger partial charge in [-0.25, -0.2) is 0 Å². The van der Waals surface area contributed by atoms with Crippen molar-refractivity contribution in [1.82, 2.24) is 5.32 Å². The van der Waals surface area contributed by atoms with Crippen molar-refractivity contribution in [3.63, 3.8) is 0 Å². The van der Waals surface area contributed by atoms with Crippen LogP contribution in [-0.2, 0) is 0 Å². The first-order chi connectivity index (χ1) is 9.31. The molecule has 0 bridgehead atoms. The van der Waals surface area contributed by atoms with Gasteiger partial charge in [0.1, 0.15) is 5.75 Å². The molecule has 1 N–H and O–H groups in total. The Bertz CT molecular complexity index is 321. The maximum atomic E-state index is 5.69. The maximum absolute atomic E-state index is 5.69. The SMILES string of the molecule is CCCCCC(NC)c1ccc(OCCCC)cc1. The lowest BCUT2D eigenvalue weighted by Crippen LogP contribution is -2.16. The zero-order valence-corrected chi connectivity index (χ0v) is 12.7. The number of nitrogens with one attached hydrogen (secondary N) is 1. The van der Waals surface area contributed by atoms with Crippen LogP contribution in [0.1, 0.15) is 64.0 Å². The summed E-state index contributed by atoms with van der Waals surface area (Å²) in [5, 5.41) is 3.41. The normalized spacial score (nSPS) is 12.4. The van der Waals surface area contributed by atoms with Crippen molar-refractivity contribution >= 4 is 0 Å². The summed E-state index contributed by atoms with van der Waals surface area (Å²) in [6, 6.07) is 9.03. The molecular weight excluding hydrogens is 234 g/mol. The van der Waals surface area contributed by atoms with Gasteiger partial charge in [0.05, 0.1) is 6.61 Å². The fourth-order valence-electron chi connectivity index (χ4n) is 2.21. The average Bonchev–Trinajstić information content (AvgIpc) is 2.45. The molecule has 0 aliphatic heterocycles. The average molecular weight is 263 g/mol. The number of ether oxygens (including phenoxy) is 1. The fourth-order valence-corrected chi connectivity index (χ4v) is 2.21. The standard InChI is InChI=1S/C17H29NO/c1-4-6-8-9-17(18-3)15-10-12-16(13-11-15)19-14-7-5-2/h10-13,17-18H,4-9,14H2,1-3H3. The summed E-state index contributed by atoms with van der Waals surface area (Å²) in [6.45, 7) is 5.25. The molecule has 19 heavy (non-hydrogen) atoms. The largest absolute Gasteiger partial charge is 0.494 e. The Morgan fingerprint density at radius 1 is 1.00 bits per heavy atom. The summed E-state index contributed by atoms with van der Waals surface area (Å²) < 4.78 is 5.69. The highest BCUT2D eigenvalue weighted by molar-refractivity contribution is 5.29. The van der Waals surface area contributed by atoms with Crippen LogP contribution < -0.4 is 10.1 Å². The van der Waals surface area contributed by atoms with Gasteiger partial charge in [0, 0.05) is 6.04 Å². The number of hydrogen-bond acceptors (Lipinski definition) is 2. The molecule has 1 atom stereocenters. The van der Waals surface area contributed by atoms with Gasteiger partial charge in [-0.1, -0.05) is 51.7 Å². The van der Waals surface area contributed by atoms with Crippen LogP contribution in [0, 0.1) is 0 Å². The third kappa shape index (κ3) is 6.11. The molecule has 0 aromatic heterocycles. The van der Waals surface area contributed by atoms with Gasteiger partial charge in [0.2, 0.25) is 0 Å². The third-order valence-corrected chi connectivity index (χ3v) is 3.49. The number of hydrogen-bond donors (Lipinski definition) is 1. The Labute approximate surface area is 118 Å². The molecule has 0 fully saturated rings. The van der Waals surface area contributed by atoms with Gasteiger partial charge in [-0.05, 0) is 37.6 Å². The van der Waals surface area contributed by atoms with Crippen molar-refractivity contribution in [2.45, 2.75) is 58.4 Å². The lowest BCUT2D eigenvalue weighted by molar-refractivity contribution is 0.309. The van der Waals surface area contributed by atoms with Crippen molar-refractivity contribution in [1.29, 1.82) is 0 Å². The molecule has 0 radical (unpaired) electrons. The van der Waals surface area contributed by atoms with E-state index in [2.05, 4.69) is 43.4 Å². The molecule has 0 saturated carbocycles. The van der Waals surface area contributed by atoms with E-state index in [0.29, 0.717) is 6.04 Å². The van der Waals surface area contributed by atoms with Crippen LogP contribution in [0.4, 0.5) is 0 Å². The van der Waals surface area contributed by atoms with Gasteiger partial charge >= 0.3 is 0 Å². The molecule has 1 rings (SSSR count). The Kier molecular flexibility index (Phi) is 8.31. The third-order valence-electron chi connectivity index (χ3n) is 3.49. The minimum atomic E-state index is 0.469. The van der Waals surface area contributed by atoms with Crippen molar-refractivity contribution < 1.29 is 4.74 Å². The van der Waals surface area contributed by atoms with Crippen LogP contribution >= 0.6 is 0 Å². The molecule has 0 aliphatic rings. The van der Waals surface area contributed by atoms with E-state index in [1.54, 1.807) is 0 Å². The smallest absolute Gasteiger partial charge is 0.119 e. The van der Waals surface area contributed by atoms with Gasteiger partial charge in [-0.3, -0.25) is 0 Å². The summed E-state index contributed by atoms with van der Waals surface area (Å²) in [6.07, 6.45) is 7.39. The number of benzene rings is 1. The first-order valence-corrected chi connectivity index (χ1v) is 7.71. The molecule has 0 aliphatic carbocycles. The molecule has 0 spiro atoms. The highest BCUT2D eigenvalue weighted by atomic mass is 16.5. The molecule has 2 heteroatoms. The van der Waals surface area contributed by atoms with Crippen LogP contribution in [0.15, 0.2) is 24.3 Å². The monoisotopic (exact) mass is 263 g/mol. The fraction of sp³-hybridized carbons (Fsp3) is 0.647. The Morgan fingerprint density at radius 3 is 2.26 bits per heavy atom. The summed E-state index contributed by atoms with van der Waals surface area (Å²) >= 11 is 0. The lowest BCUT2D eigenvalue weighted by Gasteiger charge is -2.17. The quantitative estimate of drug-likeness (QED) is 0.617. The topological polar surface area (TPSA) is 21.3 Å². The number of rotatable bonds is 10. The van der Waals surface area contributed by atoms with E-state index in [0.717, 1.165) is 18.8 Å². The zero-order chi connectivity index (χ0) is 13.9. The highest BCUT2D eigenvalue weighted by Crippen LogP contribution is 2.22. The molecule has 108 valence electrons. The molecule has 1 aromatic carbocycles. The van der Waals surface area contributed by atoms with Crippen LogP contribution in [0.5, 0.6) is 5.75 Å². The van der Waals surface area contributed by atoms with Gasteiger partial charge in [-0.2, -0.15) is 0 Å². The van der Waals surface area contributed by atoms with E-state index in [1.165, 1.54) is 37.7 Å². The second-order valence-corrected chi connectivity index (χ2v) is 5.11. The molecule has 1 unspecified atom stereocenters. The summed E-state index contributed by atoms with van der Waals surface area (Å²) in [4.78, 5) is 0. The molecule has 0 amide bonds. The predicted octanol–water partition coefficient (Wildman–Crippen LogP) is 4.71. The van der Waals surface area contributed by atoms with E-state index < -0.39 is 0 Å². The molecule has 1 aromatic rings. The molecule has 0 saturated heterocycles. The molecule has 0 heterocycles. The van der Waals surface area contributed by atoms with Crippen molar-refractivity contribution in [3.8, 4) is 5.75 Å². The van der Waals surface area contributed by atoms with E-state index in [1.807, 2.05) is 7.05 Å². The van der Waals surface area contributed by atoms with Gasteiger partial charge < -0.3 is 10.1 Å². The molecule has 2 nitrogen and oxygen atoms in total. The molecular formula is C17H29NO.